The van der Waals surface area contributed by atoms with Crippen molar-refractivity contribution in [1.82, 2.24) is 4.98 Å². The zero-order chi connectivity index (χ0) is 11.1. The molecule has 0 saturated carbocycles. The Labute approximate surface area is 94.9 Å². The molecule has 1 heterocycles. The van der Waals surface area contributed by atoms with Crippen LogP contribution >= 0.6 is 11.8 Å². The third-order valence-corrected chi connectivity index (χ3v) is 2.87. The van der Waals surface area contributed by atoms with Gasteiger partial charge in [-0.15, -0.1) is 0 Å². The number of pyridine rings is 1. The second kappa shape index (κ2) is 6.31. The Hall–Kier alpha value is -1.21. The minimum atomic E-state index is 0.399. The minimum Gasteiger partial charge on any atom is -0.379 e. The fraction of sp³-hybridized carbons (Fsp3) is 0.455. The van der Waals surface area contributed by atoms with Crippen LogP contribution in [0, 0.1) is 11.3 Å². The molecule has 0 amide bonds. The molecule has 0 bridgehead atoms. The smallest absolute Gasteiger partial charge is 0.163 e. The van der Waals surface area contributed by atoms with Gasteiger partial charge in [-0.3, -0.25) is 0 Å². The van der Waals surface area contributed by atoms with Gasteiger partial charge in [0.15, 0.2) is 5.69 Å². The maximum Gasteiger partial charge on any atom is 0.163 e. The van der Waals surface area contributed by atoms with E-state index in [2.05, 4.69) is 29.5 Å². The van der Waals surface area contributed by atoms with Crippen LogP contribution in [0.5, 0.6) is 0 Å². The maximum absolute atomic E-state index is 8.88. The summed E-state index contributed by atoms with van der Waals surface area (Å²) in [4.78, 5) is 4.01. The van der Waals surface area contributed by atoms with Crippen molar-refractivity contribution in [2.45, 2.75) is 19.4 Å². The molecule has 80 valence electrons. The molecule has 0 aliphatic heterocycles. The summed E-state index contributed by atoms with van der Waals surface area (Å²) in [6, 6.07) is 6.23. The van der Waals surface area contributed by atoms with Crippen LogP contribution in [0.25, 0.3) is 0 Å². The number of nitriles is 1. The molecule has 4 heteroatoms. The predicted octanol–water partition coefficient (Wildman–Crippen LogP) is 2.51. The zero-order valence-electron chi connectivity index (χ0n) is 9.03. The van der Waals surface area contributed by atoms with E-state index in [0.29, 0.717) is 11.7 Å². The molecule has 0 aliphatic carbocycles. The summed E-state index contributed by atoms with van der Waals surface area (Å²) in [6.07, 6.45) is 4.76. The van der Waals surface area contributed by atoms with Gasteiger partial charge in [0.1, 0.15) is 6.07 Å². The second-order valence-corrected chi connectivity index (χ2v) is 4.13. The molecule has 3 nitrogen and oxygen atoms in total. The molecule has 0 radical (unpaired) electrons. The van der Waals surface area contributed by atoms with E-state index in [9.17, 15) is 0 Å². The molecule has 0 fully saturated rings. The summed E-state index contributed by atoms with van der Waals surface area (Å²) in [5.41, 5.74) is 1.30. The Kier molecular flexibility index (Phi) is 4.99. The number of rotatable bonds is 5. The van der Waals surface area contributed by atoms with E-state index in [1.807, 2.05) is 12.1 Å². The van der Waals surface area contributed by atoms with Gasteiger partial charge < -0.3 is 5.32 Å². The average molecular weight is 221 g/mol. The monoisotopic (exact) mass is 221 g/mol. The summed E-state index contributed by atoms with van der Waals surface area (Å²) in [7, 11) is 0. The topological polar surface area (TPSA) is 48.7 Å². The normalized spacial score (nSPS) is 11.8. The van der Waals surface area contributed by atoms with Crippen molar-refractivity contribution in [2.75, 3.05) is 17.3 Å². The minimum absolute atomic E-state index is 0.399. The molecule has 1 aromatic heterocycles. The number of aromatic nitrogens is 1. The van der Waals surface area contributed by atoms with Gasteiger partial charge >= 0.3 is 0 Å². The molecule has 15 heavy (non-hydrogen) atoms. The van der Waals surface area contributed by atoms with Crippen molar-refractivity contribution in [3.05, 3.63) is 24.0 Å². The highest BCUT2D eigenvalue weighted by atomic mass is 32.2. The molecule has 1 aromatic rings. The van der Waals surface area contributed by atoms with Crippen LogP contribution in [0.15, 0.2) is 18.3 Å². The van der Waals surface area contributed by atoms with Gasteiger partial charge in [-0.25, -0.2) is 4.98 Å². The first kappa shape index (κ1) is 11.9. The molecule has 0 aromatic carbocycles. The van der Waals surface area contributed by atoms with Crippen LogP contribution in [0.1, 0.15) is 19.0 Å². The van der Waals surface area contributed by atoms with Crippen LogP contribution < -0.4 is 5.32 Å². The van der Waals surface area contributed by atoms with Crippen molar-refractivity contribution in [2.24, 2.45) is 0 Å². The lowest BCUT2D eigenvalue weighted by Crippen LogP contribution is -2.21. The quantitative estimate of drug-likeness (QED) is 0.830. The zero-order valence-corrected chi connectivity index (χ0v) is 9.84. The SMILES string of the molecule is CCC(CSC)Nc1cccnc1C#N. The molecule has 0 spiro atoms. The van der Waals surface area contributed by atoms with Crippen LogP contribution in [-0.2, 0) is 0 Å². The molecular weight excluding hydrogens is 206 g/mol. The fourth-order valence-electron chi connectivity index (χ4n) is 1.29. The van der Waals surface area contributed by atoms with Gasteiger partial charge in [0.25, 0.3) is 0 Å². The lowest BCUT2D eigenvalue weighted by Gasteiger charge is -2.17. The summed E-state index contributed by atoms with van der Waals surface area (Å²) < 4.78 is 0. The molecule has 1 N–H and O–H groups in total. The third kappa shape index (κ3) is 3.45. The predicted molar refractivity (Wildman–Crippen MR) is 65.0 cm³/mol. The number of hydrogen-bond acceptors (Lipinski definition) is 4. The van der Waals surface area contributed by atoms with E-state index >= 15 is 0 Å². The Balaban J connectivity index is 2.74. The molecule has 1 atom stereocenters. The molecule has 1 rings (SSSR count). The summed E-state index contributed by atoms with van der Waals surface area (Å²) in [5.74, 6) is 1.04. The van der Waals surface area contributed by atoms with E-state index in [1.54, 1.807) is 18.0 Å². The molecule has 0 saturated heterocycles. The standard InChI is InChI=1S/C11H15N3S/c1-3-9(8-15-2)14-10-5-4-6-13-11(10)7-12/h4-6,9,14H,3,8H2,1-2H3. The summed E-state index contributed by atoms with van der Waals surface area (Å²) >= 11 is 1.80. The fourth-order valence-corrected chi connectivity index (χ4v) is 2.01. The van der Waals surface area contributed by atoms with Gasteiger partial charge in [0.05, 0.1) is 5.69 Å². The van der Waals surface area contributed by atoms with Crippen LogP contribution in [0.3, 0.4) is 0 Å². The summed E-state index contributed by atoms with van der Waals surface area (Å²) in [5, 5.41) is 12.2. The number of nitrogens with one attached hydrogen (secondary N) is 1. The first-order chi connectivity index (χ1) is 7.31. The number of nitrogens with zero attached hydrogens (tertiary/aromatic N) is 2. The molecule has 0 aliphatic rings. The molecular formula is C11H15N3S. The van der Waals surface area contributed by atoms with Crippen molar-refractivity contribution >= 4 is 17.4 Å². The van der Waals surface area contributed by atoms with E-state index in [1.165, 1.54) is 0 Å². The number of thioether (sulfide) groups is 1. The van der Waals surface area contributed by atoms with Crippen LogP contribution in [0.2, 0.25) is 0 Å². The Morgan fingerprint density at radius 2 is 2.47 bits per heavy atom. The van der Waals surface area contributed by atoms with Gasteiger partial charge in [-0.2, -0.15) is 17.0 Å². The number of hydrogen-bond donors (Lipinski definition) is 1. The summed E-state index contributed by atoms with van der Waals surface area (Å²) in [6.45, 7) is 2.14. The molecule has 1 unspecified atom stereocenters. The van der Waals surface area contributed by atoms with Crippen LogP contribution in [0.4, 0.5) is 5.69 Å². The third-order valence-electron chi connectivity index (χ3n) is 2.13. The lowest BCUT2D eigenvalue weighted by molar-refractivity contribution is 0.773. The van der Waals surface area contributed by atoms with Crippen molar-refractivity contribution in [3.63, 3.8) is 0 Å². The first-order valence-corrected chi connectivity index (χ1v) is 6.31. The number of anilines is 1. The lowest BCUT2D eigenvalue weighted by atomic mass is 10.2. The Morgan fingerprint density at radius 1 is 1.67 bits per heavy atom. The highest BCUT2D eigenvalue weighted by molar-refractivity contribution is 7.98. The van der Waals surface area contributed by atoms with Gasteiger partial charge in [-0.1, -0.05) is 6.92 Å². The van der Waals surface area contributed by atoms with E-state index in [-0.39, 0.29) is 0 Å². The average Bonchev–Trinajstić information content (AvgIpc) is 2.29. The maximum atomic E-state index is 8.88. The van der Waals surface area contributed by atoms with Gasteiger partial charge in [0, 0.05) is 18.0 Å². The van der Waals surface area contributed by atoms with Crippen LogP contribution in [-0.4, -0.2) is 23.0 Å². The highest BCUT2D eigenvalue weighted by Gasteiger charge is 2.08. The van der Waals surface area contributed by atoms with Crippen molar-refractivity contribution in [3.8, 4) is 6.07 Å². The largest absolute Gasteiger partial charge is 0.379 e. The van der Waals surface area contributed by atoms with Gasteiger partial charge in [-0.05, 0) is 24.8 Å². The highest BCUT2D eigenvalue weighted by Crippen LogP contribution is 2.14. The Bertz CT molecular complexity index is 346. The van der Waals surface area contributed by atoms with Gasteiger partial charge in [0.2, 0.25) is 0 Å². The van der Waals surface area contributed by atoms with E-state index < -0.39 is 0 Å². The first-order valence-electron chi connectivity index (χ1n) is 4.92. The van der Waals surface area contributed by atoms with Crippen molar-refractivity contribution < 1.29 is 0 Å². The van der Waals surface area contributed by atoms with Crippen molar-refractivity contribution in [1.29, 1.82) is 5.26 Å². The Morgan fingerprint density at radius 3 is 3.07 bits per heavy atom. The second-order valence-electron chi connectivity index (χ2n) is 3.22. The van der Waals surface area contributed by atoms with E-state index in [4.69, 9.17) is 5.26 Å². The van der Waals surface area contributed by atoms with E-state index in [0.717, 1.165) is 17.9 Å².